The van der Waals surface area contributed by atoms with Gasteiger partial charge in [0.25, 0.3) is 0 Å². The summed E-state index contributed by atoms with van der Waals surface area (Å²) in [6.45, 7) is 2.87. The van der Waals surface area contributed by atoms with E-state index in [1.54, 1.807) is 12.3 Å². The van der Waals surface area contributed by atoms with E-state index in [-0.39, 0.29) is 16.5 Å². The summed E-state index contributed by atoms with van der Waals surface area (Å²) in [4.78, 5) is 14.5. The number of hydrogen-bond donors (Lipinski definition) is 1. The molecule has 6 nitrogen and oxygen atoms in total. The van der Waals surface area contributed by atoms with Gasteiger partial charge < -0.3 is 10.1 Å². The smallest absolute Gasteiger partial charge is 0.313 e. The zero-order chi connectivity index (χ0) is 15.2. The van der Waals surface area contributed by atoms with Gasteiger partial charge in [-0.15, -0.1) is 0 Å². The Bertz CT molecular complexity index is 649. The molecule has 1 N–H and O–H groups in total. The second-order valence-corrected chi connectivity index (χ2v) is 4.74. The standard InChI is InChI=1S/C14H14ClN3O3/c1-2-5-17-11-7-12(9-16-8-11)21-14-4-3-10(15)6-13(14)18(19)20/h3-4,6-9,17H,2,5H2,1H3. The molecule has 0 unspecified atom stereocenters. The molecule has 0 aliphatic rings. The van der Waals surface area contributed by atoms with E-state index in [0.29, 0.717) is 5.75 Å². The van der Waals surface area contributed by atoms with Crippen LogP contribution < -0.4 is 10.1 Å². The van der Waals surface area contributed by atoms with Crippen LogP contribution in [-0.4, -0.2) is 16.5 Å². The van der Waals surface area contributed by atoms with E-state index in [2.05, 4.69) is 17.2 Å². The molecule has 0 radical (unpaired) electrons. The molecular weight excluding hydrogens is 294 g/mol. The summed E-state index contributed by atoms with van der Waals surface area (Å²) in [7, 11) is 0. The van der Waals surface area contributed by atoms with Crippen LogP contribution >= 0.6 is 11.6 Å². The zero-order valence-electron chi connectivity index (χ0n) is 11.4. The molecule has 21 heavy (non-hydrogen) atoms. The normalized spacial score (nSPS) is 10.2. The van der Waals surface area contributed by atoms with Gasteiger partial charge in [0, 0.05) is 23.7 Å². The maximum Gasteiger partial charge on any atom is 0.313 e. The van der Waals surface area contributed by atoms with Crippen molar-refractivity contribution in [1.82, 2.24) is 4.98 Å². The number of nitrogens with one attached hydrogen (secondary N) is 1. The number of halogens is 1. The van der Waals surface area contributed by atoms with E-state index in [1.807, 2.05) is 0 Å². The van der Waals surface area contributed by atoms with Crippen molar-refractivity contribution in [2.45, 2.75) is 13.3 Å². The van der Waals surface area contributed by atoms with Crippen LogP contribution in [0, 0.1) is 10.1 Å². The summed E-state index contributed by atoms with van der Waals surface area (Å²) >= 11 is 5.76. The fourth-order valence-corrected chi connectivity index (χ4v) is 1.85. The van der Waals surface area contributed by atoms with E-state index >= 15 is 0 Å². The number of benzene rings is 1. The first-order chi connectivity index (χ1) is 10.1. The third-order valence-corrected chi connectivity index (χ3v) is 2.87. The van der Waals surface area contributed by atoms with Gasteiger partial charge in [0.2, 0.25) is 5.75 Å². The minimum absolute atomic E-state index is 0.124. The fraction of sp³-hybridized carbons (Fsp3) is 0.214. The van der Waals surface area contributed by atoms with Crippen molar-refractivity contribution in [3.63, 3.8) is 0 Å². The molecule has 2 aromatic rings. The van der Waals surface area contributed by atoms with Gasteiger partial charge in [-0.2, -0.15) is 0 Å². The Hall–Kier alpha value is -2.34. The van der Waals surface area contributed by atoms with Crippen molar-refractivity contribution >= 4 is 23.0 Å². The Morgan fingerprint density at radius 2 is 2.19 bits per heavy atom. The summed E-state index contributed by atoms with van der Waals surface area (Å²) in [6, 6.07) is 5.99. The maximum atomic E-state index is 11.0. The van der Waals surface area contributed by atoms with E-state index in [4.69, 9.17) is 16.3 Å². The van der Waals surface area contributed by atoms with Crippen LogP contribution in [-0.2, 0) is 0 Å². The second-order valence-electron chi connectivity index (χ2n) is 4.31. The highest BCUT2D eigenvalue weighted by Gasteiger charge is 2.16. The van der Waals surface area contributed by atoms with Crippen LogP contribution in [0.1, 0.15) is 13.3 Å². The zero-order valence-corrected chi connectivity index (χ0v) is 12.1. The number of nitro benzene ring substituents is 1. The largest absolute Gasteiger partial charge is 0.448 e. The topological polar surface area (TPSA) is 77.3 Å². The summed E-state index contributed by atoms with van der Waals surface area (Å²) in [5.41, 5.74) is 0.611. The van der Waals surface area contributed by atoms with Gasteiger partial charge >= 0.3 is 5.69 Å². The lowest BCUT2D eigenvalue weighted by atomic mass is 10.3. The molecule has 0 fully saturated rings. The molecule has 0 bridgehead atoms. The number of rotatable bonds is 6. The van der Waals surface area contributed by atoms with Crippen molar-refractivity contribution in [2.24, 2.45) is 0 Å². The van der Waals surface area contributed by atoms with Crippen molar-refractivity contribution < 1.29 is 9.66 Å². The molecule has 1 heterocycles. The van der Waals surface area contributed by atoms with Gasteiger partial charge in [-0.1, -0.05) is 18.5 Å². The molecule has 1 aromatic carbocycles. The summed E-state index contributed by atoms with van der Waals surface area (Å²) in [6.07, 6.45) is 4.14. The number of nitrogens with zero attached hydrogens (tertiary/aromatic N) is 2. The molecule has 110 valence electrons. The fourth-order valence-electron chi connectivity index (χ4n) is 1.69. The van der Waals surface area contributed by atoms with Crippen LogP contribution in [0.25, 0.3) is 0 Å². The molecule has 0 saturated heterocycles. The Kier molecular flexibility index (Phi) is 4.94. The van der Waals surface area contributed by atoms with Crippen molar-refractivity contribution in [3.8, 4) is 11.5 Å². The first-order valence-electron chi connectivity index (χ1n) is 6.41. The Balaban J connectivity index is 2.24. The average molecular weight is 308 g/mol. The average Bonchev–Trinajstić information content (AvgIpc) is 2.47. The van der Waals surface area contributed by atoms with Gasteiger partial charge in [-0.3, -0.25) is 15.1 Å². The predicted octanol–water partition coefficient (Wildman–Crippen LogP) is 4.26. The number of nitro groups is 1. The third kappa shape index (κ3) is 4.06. The summed E-state index contributed by atoms with van der Waals surface area (Å²) < 4.78 is 5.54. The summed E-state index contributed by atoms with van der Waals surface area (Å²) in [5.74, 6) is 0.542. The lowest BCUT2D eigenvalue weighted by Gasteiger charge is -2.09. The molecule has 0 spiro atoms. The van der Waals surface area contributed by atoms with E-state index < -0.39 is 4.92 Å². The quantitative estimate of drug-likeness (QED) is 0.637. The highest BCUT2D eigenvalue weighted by molar-refractivity contribution is 6.30. The predicted molar refractivity (Wildman–Crippen MR) is 81.2 cm³/mol. The monoisotopic (exact) mass is 307 g/mol. The number of hydrogen-bond acceptors (Lipinski definition) is 5. The SMILES string of the molecule is CCCNc1cncc(Oc2ccc(Cl)cc2[N+](=O)[O-])c1. The van der Waals surface area contributed by atoms with Gasteiger partial charge in [-0.05, 0) is 18.6 Å². The van der Waals surface area contributed by atoms with Crippen LogP contribution in [0.2, 0.25) is 5.02 Å². The highest BCUT2D eigenvalue weighted by atomic mass is 35.5. The van der Waals surface area contributed by atoms with Gasteiger partial charge in [0.15, 0.2) is 0 Å². The van der Waals surface area contributed by atoms with Gasteiger partial charge in [0.05, 0.1) is 23.0 Å². The molecule has 0 aliphatic carbocycles. The number of pyridine rings is 1. The number of aromatic nitrogens is 1. The van der Waals surface area contributed by atoms with Crippen LogP contribution in [0.15, 0.2) is 36.7 Å². The lowest BCUT2D eigenvalue weighted by molar-refractivity contribution is -0.385. The molecule has 2 rings (SSSR count). The molecule has 0 aliphatic heterocycles. The highest BCUT2D eigenvalue weighted by Crippen LogP contribution is 2.33. The van der Waals surface area contributed by atoms with Crippen molar-refractivity contribution in [3.05, 3.63) is 51.8 Å². The molecule has 1 aromatic heterocycles. The Morgan fingerprint density at radius 3 is 2.90 bits per heavy atom. The van der Waals surface area contributed by atoms with Crippen LogP contribution in [0.5, 0.6) is 11.5 Å². The van der Waals surface area contributed by atoms with Crippen molar-refractivity contribution in [1.29, 1.82) is 0 Å². The minimum Gasteiger partial charge on any atom is -0.448 e. The summed E-state index contributed by atoms with van der Waals surface area (Å²) in [5, 5.41) is 14.5. The van der Waals surface area contributed by atoms with Crippen LogP contribution in [0.4, 0.5) is 11.4 Å². The Morgan fingerprint density at radius 1 is 1.38 bits per heavy atom. The molecule has 7 heteroatoms. The van der Waals surface area contributed by atoms with Gasteiger partial charge in [-0.25, -0.2) is 0 Å². The molecule has 0 amide bonds. The number of anilines is 1. The van der Waals surface area contributed by atoms with Gasteiger partial charge in [0.1, 0.15) is 5.75 Å². The third-order valence-electron chi connectivity index (χ3n) is 2.64. The minimum atomic E-state index is -0.534. The van der Waals surface area contributed by atoms with E-state index in [1.165, 1.54) is 24.4 Å². The second kappa shape index (κ2) is 6.90. The Labute approximate surface area is 126 Å². The van der Waals surface area contributed by atoms with Crippen molar-refractivity contribution in [2.75, 3.05) is 11.9 Å². The lowest BCUT2D eigenvalue weighted by Crippen LogP contribution is -2.00. The van der Waals surface area contributed by atoms with Crippen LogP contribution in [0.3, 0.4) is 0 Å². The number of ether oxygens (including phenoxy) is 1. The van der Waals surface area contributed by atoms with E-state index in [9.17, 15) is 10.1 Å². The first kappa shape index (κ1) is 15.1. The maximum absolute atomic E-state index is 11.0. The van der Waals surface area contributed by atoms with E-state index in [0.717, 1.165) is 18.7 Å². The first-order valence-corrected chi connectivity index (χ1v) is 6.78. The molecule has 0 saturated carbocycles. The molecular formula is C14H14ClN3O3. The molecule has 0 atom stereocenters.